The topological polar surface area (TPSA) is 76.7 Å². The summed E-state index contributed by atoms with van der Waals surface area (Å²) in [4.78, 5) is 23.8. The summed E-state index contributed by atoms with van der Waals surface area (Å²) in [6, 6.07) is 12.1. The maximum Gasteiger partial charge on any atom is 0.255 e. The Morgan fingerprint density at radius 1 is 1.00 bits per heavy atom. The first-order valence-electron chi connectivity index (χ1n) is 8.16. The van der Waals surface area contributed by atoms with E-state index < -0.39 is 0 Å². The van der Waals surface area contributed by atoms with E-state index in [4.69, 9.17) is 9.47 Å². The molecule has 2 aromatic carbocycles. The molecule has 0 saturated carbocycles. The van der Waals surface area contributed by atoms with Gasteiger partial charge >= 0.3 is 0 Å². The van der Waals surface area contributed by atoms with Crippen molar-refractivity contribution in [3.8, 4) is 5.75 Å². The van der Waals surface area contributed by atoms with Gasteiger partial charge in [-0.3, -0.25) is 9.59 Å². The fraction of sp³-hybridized carbons (Fsp3) is 0.263. The van der Waals surface area contributed by atoms with Crippen LogP contribution in [0.5, 0.6) is 5.75 Å². The number of ether oxygens (including phenoxy) is 2. The predicted molar refractivity (Wildman–Crippen MR) is 105 cm³/mol. The summed E-state index contributed by atoms with van der Waals surface area (Å²) in [5.41, 5.74) is 1.83. The molecule has 0 heterocycles. The van der Waals surface area contributed by atoms with Gasteiger partial charge in [-0.1, -0.05) is 6.92 Å². The highest BCUT2D eigenvalue weighted by atomic mass is 79.9. The van der Waals surface area contributed by atoms with Crippen molar-refractivity contribution in [2.45, 2.75) is 13.3 Å². The van der Waals surface area contributed by atoms with Gasteiger partial charge in [0.2, 0.25) is 5.91 Å². The lowest BCUT2D eigenvalue weighted by atomic mass is 10.2. The van der Waals surface area contributed by atoms with Crippen LogP contribution in [0.4, 0.5) is 11.4 Å². The minimum atomic E-state index is -0.237. The van der Waals surface area contributed by atoms with E-state index in [1.807, 2.05) is 0 Å². The highest BCUT2D eigenvalue weighted by Gasteiger charge is 2.10. The lowest BCUT2D eigenvalue weighted by Gasteiger charge is -2.10. The standard InChI is InChI=1S/C19H21BrN2O4/c1-3-18(23)21-14-5-7-15(8-6-14)22-19(24)13-4-9-17(16(20)12-13)26-11-10-25-2/h4-9,12H,3,10-11H2,1-2H3,(H,21,23)(H,22,24). The Balaban J connectivity index is 1.98. The second kappa shape index (κ2) is 9.94. The van der Waals surface area contributed by atoms with E-state index in [1.165, 1.54) is 0 Å². The Morgan fingerprint density at radius 3 is 2.23 bits per heavy atom. The zero-order valence-corrected chi connectivity index (χ0v) is 16.3. The van der Waals surface area contributed by atoms with Gasteiger partial charge in [0.05, 0.1) is 11.1 Å². The van der Waals surface area contributed by atoms with Crippen LogP contribution in [0.25, 0.3) is 0 Å². The lowest BCUT2D eigenvalue weighted by Crippen LogP contribution is -2.13. The number of amides is 2. The maximum absolute atomic E-state index is 12.4. The van der Waals surface area contributed by atoms with Crippen molar-refractivity contribution >= 4 is 39.1 Å². The molecule has 0 aliphatic rings. The van der Waals surface area contributed by atoms with Crippen molar-refractivity contribution in [2.24, 2.45) is 0 Å². The third-order valence-corrected chi connectivity index (χ3v) is 4.11. The molecule has 2 N–H and O–H groups in total. The van der Waals surface area contributed by atoms with Gasteiger partial charge in [0.15, 0.2) is 0 Å². The van der Waals surface area contributed by atoms with Crippen LogP contribution in [-0.4, -0.2) is 32.1 Å². The minimum absolute atomic E-state index is 0.0561. The fourth-order valence-corrected chi connectivity index (χ4v) is 2.58. The van der Waals surface area contributed by atoms with Crippen LogP contribution < -0.4 is 15.4 Å². The molecule has 0 fully saturated rings. The Labute approximate surface area is 161 Å². The second-order valence-corrected chi connectivity index (χ2v) is 6.27. The number of benzene rings is 2. The van der Waals surface area contributed by atoms with E-state index in [0.717, 1.165) is 0 Å². The first-order chi connectivity index (χ1) is 12.5. The molecule has 0 unspecified atom stereocenters. The van der Waals surface area contributed by atoms with E-state index in [9.17, 15) is 9.59 Å². The molecule has 0 aliphatic carbocycles. The van der Waals surface area contributed by atoms with Gasteiger partial charge < -0.3 is 20.1 Å². The molecule has 0 aromatic heterocycles. The highest BCUT2D eigenvalue weighted by Crippen LogP contribution is 2.26. The van der Waals surface area contributed by atoms with Gasteiger partial charge in [-0.25, -0.2) is 0 Å². The smallest absolute Gasteiger partial charge is 0.255 e. The van der Waals surface area contributed by atoms with Crippen LogP contribution in [0, 0.1) is 0 Å². The van der Waals surface area contributed by atoms with Gasteiger partial charge in [0.25, 0.3) is 5.91 Å². The van der Waals surface area contributed by atoms with Gasteiger partial charge in [-0.2, -0.15) is 0 Å². The van der Waals surface area contributed by atoms with Crippen LogP contribution in [-0.2, 0) is 9.53 Å². The molecule has 2 rings (SSSR count). The number of anilines is 2. The zero-order chi connectivity index (χ0) is 18.9. The fourth-order valence-electron chi connectivity index (χ4n) is 2.08. The highest BCUT2D eigenvalue weighted by molar-refractivity contribution is 9.10. The average molecular weight is 421 g/mol. The molecule has 2 amide bonds. The second-order valence-electron chi connectivity index (χ2n) is 5.42. The Morgan fingerprint density at radius 2 is 1.65 bits per heavy atom. The summed E-state index contributed by atoms with van der Waals surface area (Å²) in [6.07, 6.45) is 0.415. The molecular weight excluding hydrogens is 400 g/mol. The summed E-state index contributed by atoms with van der Waals surface area (Å²) in [5.74, 6) is 0.355. The number of methoxy groups -OCH3 is 1. The molecule has 26 heavy (non-hydrogen) atoms. The molecule has 0 saturated heterocycles. The summed E-state index contributed by atoms with van der Waals surface area (Å²) >= 11 is 3.41. The number of carbonyl (C=O) groups excluding carboxylic acids is 2. The monoisotopic (exact) mass is 420 g/mol. The van der Waals surface area contributed by atoms with Crippen molar-refractivity contribution in [3.63, 3.8) is 0 Å². The quantitative estimate of drug-likeness (QED) is 0.630. The molecule has 0 spiro atoms. The Bertz CT molecular complexity index is 763. The lowest BCUT2D eigenvalue weighted by molar-refractivity contribution is -0.115. The van der Waals surface area contributed by atoms with Crippen LogP contribution >= 0.6 is 15.9 Å². The van der Waals surface area contributed by atoms with Crippen LogP contribution in [0.1, 0.15) is 23.7 Å². The van der Waals surface area contributed by atoms with E-state index in [1.54, 1.807) is 56.5 Å². The van der Waals surface area contributed by atoms with Crippen molar-refractivity contribution in [1.29, 1.82) is 0 Å². The van der Waals surface area contributed by atoms with Crippen LogP contribution in [0.15, 0.2) is 46.9 Å². The van der Waals surface area contributed by atoms with Crippen molar-refractivity contribution < 1.29 is 19.1 Å². The Kier molecular flexibility index (Phi) is 7.62. The number of rotatable bonds is 8. The SMILES string of the molecule is CCC(=O)Nc1ccc(NC(=O)c2ccc(OCCOC)c(Br)c2)cc1. The van der Waals surface area contributed by atoms with E-state index in [0.29, 0.717) is 46.8 Å². The van der Waals surface area contributed by atoms with E-state index in [-0.39, 0.29) is 11.8 Å². The average Bonchev–Trinajstić information content (AvgIpc) is 2.64. The third-order valence-electron chi connectivity index (χ3n) is 3.49. The summed E-state index contributed by atoms with van der Waals surface area (Å²) in [6.45, 7) is 2.71. The van der Waals surface area contributed by atoms with Crippen molar-refractivity contribution in [1.82, 2.24) is 0 Å². The van der Waals surface area contributed by atoms with Crippen LogP contribution in [0.3, 0.4) is 0 Å². The summed E-state index contributed by atoms with van der Waals surface area (Å²) in [7, 11) is 1.61. The molecule has 7 heteroatoms. The molecule has 6 nitrogen and oxygen atoms in total. The van der Waals surface area contributed by atoms with Gasteiger partial charge in [0, 0.05) is 30.5 Å². The van der Waals surface area contributed by atoms with Crippen molar-refractivity contribution in [3.05, 3.63) is 52.5 Å². The van der Waals surface area contributed by atoms with Gasteiger partial charge in [0.1, 0.15) is 12.4 Å². The first-order valence-corrected chi connectivity index (χ1v) is 8.95. The van der Waals surface area contributed by atoms with E-state index in [2.05, 4.69) is 26.6 Å². The minimum Gasteiger partial charge on any atom is -0.490 e. The molecule has 0 aliphatic heterocycles. The molecule has 0 bridgehead atoms. The largest absolute Gasteiger partial charge is 0.490 e. The molecule has 2 aromatic rings. The third kappa shape index (κ3) is 5.86. The summed E-state index contributed by atoms with van der Waals surface area (Å²) in [5, 5.41) is 5.58. The number of carbonyl (C=O) groups is 2. The number of nitrogens with one attached hydrogen (secondary N) is 2. The van der Waals surface area contributed by atoms with Crippen molar-refractivity contribution in [2.75, 3.05) is 31.0 Å². The van der Waals surface area contributed by atoms with E-state index >= 15 is 0 Å². The maximum atomic E-state index is 12.4. The predicted octanol–water partition coefficient (Wildman–Crippen LogP) is 4.08. The normalized spacial score (nSPS) is 10.3. The number of hydrogen-bond donors (Lipinski definition) is 2. The molecule has 138 valence electrons. The number of hydrogen-bond acceptors (Lipinski definition) is 4. The van der Waals surface area contributed by atoms with Gasteiger partial charge in [-0.05, 0) is 58.4 Å². The molecule has 0 atom stereocenters. The van der Waals surface area contributed by atoms with Gasteiger partial charge in [-0.15, -0.1) is 0 Å². The number of halogens is 1. The zero-order valence-electron chi connectivity index (χ0n) is 14.7. The first kappa shape index (κ1) is 19.9. The van der Waals surface area contributed by atoms with Crippen LogP contribution in [0.2, 0.25) is 0 Å². The molecule has 0 radical (unpaired) electrons. The summed E-state index contributed by atoms with van der Waals surface area (Å²) < 4.78 is 11.2. The Hall–Kier alpha value is -2.38. The molecular formula is C19H21BrN2O4.